The minimum absolute atomic E-state index is 0.403. The Morgan fingerprint density at radius 2 is 1.90 bits per heavy atom. The minimum atomic E-state index is 0.403. The van der Waals surface area contributed by atoms with Gasteiger partial charge in [0.2, 0.25) is 0 Å². The van der Waals surface area contributed by atoms with E-state index in [4.69, 9.17) is 16.3 Å². The van der Waals surface area contributed by atoms with Crippen LogP contribution in [0.15, 0.2) is 42.7 Å². The lowest BCUT2D eigenvalue weighted by atomic mass is 10.1. The fraction of sp³-hybridized carbons (Fsp3) is 0.188. The molecule has 3 rings (SSSR count). The van der Waals surface area contributed by atoms with Crippen molar-refractivity contribution in [2.45, 2.75) is 13.3 Å². The van der Waals surface area contributed by atoms with Crippen LogP contribution in [0.4, 0.5) is 0 Å². The lowest BCUT2D eigenvalue weighted by molar-refractivity contribution is 0.316. The summed E-state index contributed by atoms with van der Waals surface area (Å²) in [6, 6.07) is 9.71. The van der Waals surface area contributed by atoms with E-state index in [0.29, 0.717) is 11.8 Å². The Morgan fingerprint density at radius 1 is 1.10 bits per heavy atom. The van der Waals surface area contributed by atoms with E-state index in [2.05, 4.69) is 22.1 Å². The topological polar surface area (TPSA) is 47.9 Å². The van der Waals surface area contributed by atoms with Crippen molar-refractivity contribution in [2.24, 2.45) is 0 Å². The Balaban J connectivity index is 2.10. The van der Waals surface area contributed by atoms with Gasteiger partial charge in [0, 0.05) is 22.5 Å². The molecular weight excluding hydrogens is 286 g/mol. The van der Waals surface area contributed by atoms with E-state index in [1.54, 1.807) is 12.4 Å². The van der Waals surface area contributed by atoms with Crippen molar-refractivity contribution in [2.75, 3.05) is 6.61 Å². The summed E-state index contributed by atoms with van der Waals surface area (Å²) in [6.07, 6.45) is 4.40. The van der Waals surface area contributed by atoms with Gasteiger partial charge in [-0.25, -0.2) is 0 Å². The van der Waals surface area contributed by atoms with Crippen LogP contribution in [-0.2, 0) is 0 Å². The highest BCUT2D eigenvalue weighted by molar-refractivity contribution is 6.34. The number of ether oxygens (including phenoxy) is 1. The highest BCUT2D eigenvalue weighted by Gasteiger charge is 2.10. The van der Waals surface area contributed by atoms with E-state index < -0.39 is 0 Å². The zero-order valence-corrected chi connectivity index (χ0v) is 12.3. The van der Waals surface area contributed by atoms with E-state index >= 15 is 0 Å². The molecule has 4 nitrogen and oxygen atoms in total. The molecule has 0 aliphatic heterocycles. The first-order valence-corrected chi connectivity index (χ1v) is 7.16. The maximum absolute atomic E-state index is 6.10. The van der Waals surface area contributed by atoms with Gasteiger partial charge in [-0.2, -0.15) is 0 Å². The lowest BCUT2D eigenvalue weighted by Gasteiger charge is -2.08. The maximum atomic E-state index is 6.10. The molecule has 0 fully saturated rings. The molecule has 0 bridgehead atoms. The van der Waals surface area contributed by atoms with E-state index in [1.807, 2.05) is 30.3 Å². The molecule has 0 saturated carbocycles. The van der Waals surface area contributed by atoms with Gasteiger partial charge in [0.1, 0.15) is 11.4 Å². The number of nitrogens with zero attached hydrogens (tertiary/aromatic N) is 3. The van der Waals surface area contributed by atoms with Crippen LogP contribution in [0.3, 0.4) is 0 Å². The third-order valence-electron chi connectivity index (χ3n) is 3.10. The van der Waals surface area contributed by atoms with Crippen molar-refractivity contribution >= 4 is 22.4 Å². The van der Waals surface area contributed by atoms with E-state index in [9.17, 15) is 0 Å². The Kier molecular flexibility index (Phi) is 3.97. The van der Waals surface area contributed by atoms with Crippen LogP contribution < -0.4 is 4.74 Å². The fourth-order valence-corrected chi connectivity index (χ4v) is 2.33. The zero-order valence-electron chi connectivity index (χ0n) is 11.6. The van der Waals surface area contributed by atoms with E-state index in [1.165, 1.54) is 0 Å². The molecule has 3 aromatic rings. The molecule has 5 heteroatoms. The number of rotatable bonds is 4. The summed E-state index contributed by atoms with van der Waals surface area (Å²) in [7, 11) is 0. The number of hydrogen-bond acceptors (Lipinski definition) is 4. The predicted molar refractivity (Wildman–Crippen MR) is 83.6 cm³/mol. The third kappa shape index (κ3) is 2.81. The van der Waals surface area contributed by atoms with Crippen LogP contribution in [0.1, 0.15) is 13.3 Å². The molecule has 1 aromatic carbocycles. The zero-order chi connectivity index (χ0) is 14.7. The van der Waals surface area contributed by atoms with Gasteiger partial charge in [-0.3, -0.25) is 4.98 Å². The van der Waals surface area contributed by atoms with Gasteiger partial charge in [-0.05, 0) is 12.5 Å². The monoisotopic (exact) mass is 299 g/mol. The Bertz CT molecular complexity index is 776. The summed E-state index contributed by atoms with van der Waals surface area (Å²) in [6.45, 7) is 2.73. The van der Waals surface area contributed by atoms with Crippen molar-refractivity contribution in [1.82, 2.24) is 15.2 Å². The summed E-state index contributed by atoms with van der Waals surface area (Å²) in [5, 5.41) is 10.5. The average Bonchev–Trinajstić information content (AvgIpc) is 2.54. The van der Waals surface area contributed by atoms with Crippen molar-refractivity contribution in [3.63, 3.8) is 0 Å². The molecule has 2 aromatic heterocycles. The van der Waals surface area contributed by atoms with E-state index in [0.717, 1.165) is 34.2 Å². The van der Waals surface area contributed by atoms with Crippen LogP contribution in [0.2, 0.25) is 5.15 Å². The lowest BCUT2D eigenvalue weighted by Crippen LogP contribution is -1.97. The molecule has 0 N–H and O–H groups in total. The van der Waals surface area contributed by atoms with Gasteiger partial charge >= 0.3 is 0 Å². The number of benzene rings is 1. The summed E-state index contributed by atoms with van der Waals surface area (Å²) in [5.41, 5.74) is 1.62. The Hall–Kier alpha value is -2.20. The number of pyridine rings is 1. The molecule has 0 spiro atoms. The van der Waals surface area contributed by atoms with Crippen molar-refractivity contribution in [1.29, 1.82) is 0 Å². The van der Waals surface area contributed by atoms with Crippen molar-refractivity contribution < 1.29 is 4.74 Å². The highest BCUT2D eigenvalue weighted by atomic mass is 35.5. The molecule has 0 saturated heterocycles. The van der Waals surface area contributed by atoms with Crippen LogP contribution in [0, 0.1) is 0 Å². The Morgan fingerprint density at radius 3 is 2.71 bits per heavy atom. The molecule has 21 heavy (non-hydrogen) atoms. The van der Waals surface area contributed by atoms with Crippen LogP contribution >= 0.6 is 11.6 Å². The SMILES string of the molecule is CCCOc1cncc(-c2nnc(Cl)c3ccccc23)c1. The molecule has 0 radical (unpaired) electrons. The summed E-state index contributed by atoms with van der Waals surface area (Å²) >= 11 is 6.10. The van der Waals surface area contributed by atoms with Crippen molar-refractivity contribution in [3.05, 3.63) is 47.9 Å². The normalized spacial score (nSPS) is 10.8. The molecule has 0 unspecified atom stereocenters. The third-order valence-corrected chi connectivity index (χ3v) is 3.38. The second kappa shape index (κ2) is 6.06. The molecular formula is C16H14ClN3O. The number of aromatic nitrogens is 3. The van der Waals surface area contributed by atoms with Gasteiger partial charge in [0.05, 0.1) is 12.8 Å². The van der Waals surface area contributed by atoms with Crippen LogP contribution in [-0.4, -0.2) is 21.8 Å². The summed E-state index contributed by atoms with van der Waals surface area (Å²) in [4.78, 5) is 4.22. The van der Waals surface area contributed by atoms with Gasteiger partial charge in [-0.1, -0.05) is 42.8 Å². The first kappa shape index (κ1) is 13.8. The molecule has 0 aliphatic rings. The number of halogens is 1. The summed E-state index contributed by atoms with van der Waals surface area (Å²) in [5.74, 6) is 0.732. The summed E-state index contributed by atoms with van der Waals surface area (Å²) < 4.78 is 5.62. The number of hydrogen-bond donors (Lipinski definition) is 0. The first-order valence-electron chi connectivity index (χ1n) is 6.78. The molecule has 2 heterocycles. The van der Waals surface area contributed by atoms with Gasteiger partial charge in [0.15, 0.2) is 5.15 Å². The minimum Gasteiger partial charge on any atom is -0.492 e. The van der Waals surface area contributed by atoms with Gasteiger partial charge < -0.3 is 4.74 Å². The first-order chi connectivity index (χ1) is 10.3. The number of fused-ring (bicyclic) bond motifs is 1. The average molecular weight is 300 g/mol. The molecule has 106 valence electrons. The highest BCUT2D eigenvalue weighted by Crippen LogP contribution is 2.30. The standard InChI is InChI=1S/C16H14ClN3O/c1-2-7-21-12-8-11(9-18-10-12)15-13-5-3-4-6-14(13)16(17)20-19-15/h3-6,8-10H,2,7H2,1H3. The van der Waals surface area contributed by atoms with Crippen molar-refractivity contribution in [3.8, 4) is 17.0 Å². The second-order valence-corrected chi connectivity index (χ2v) is 5.00. The Labute approximate surface area is 127 Å². The fourth-order valence-electron chi connectivity index (χ4n) is 2.13. The predicted octanol–water partition coefficient (Wildman–Crippen LogP) is 4.13. The van der Waals surface area contributed by atoms with Gasteiger partial charge in [-0.15, -0.1) is 10.2 Å². The smallest absolute Gasteiger partial charge is 0.159 e. The van der Waals surface area contributed by atoms with Gasteiger partial charge in [0.25, 0.3) is 0 Å². The van der Waals surface area contributed by atoms with Crippen LogP contribution in [0.5, 0.6) is 5.75 Å². The molecule has 0 aliphatic carbocycles. The molecule has 0 atom stereocenters. The largest absolute Gasteiger partial charge is 0.492 e. The molecule has 0 amide bonds. The van der Waals surface area contributed by atoms with Crippen LogP contribution in [0.25, 0.3) is 22.0 Å². The maximum Gasteiger partial charge on any atom is 0.159 e. The second-order valence-electron chi connectivity index (χ2n) is 4.64. The quantitative estimate of drug-likeness (QED) is 0.726. The van der Waals surface area contributed by atoms with E-state index in [-0.39, 0.29) is 0 Å².